The Bertz CT molecular complexity index is 776. The number of amides is 1. The molecule has 27 heavy (non-hydrogen) atoms. The van der Waals surface area contributed by atoms with Crippen LogP contribution in [0, 0.1) is 0 Å². The van der Waals surface area contributed by atoms with Gasteiger partial charge in [-0.05, 0) is 43.2 Å². The maximum atomic E-state index is 12.4. The fraction of sp³-hybridized carbons (Fsp3) is 0.400. The topological polar surface area (TPSA) is 57.7 Å². The zero-order valence-corrected chi connectivity index (χ0v) is 16.2. The smallest absolute Gasteiger partial charge is 0.255 e. The fourth-order valence-corrected chi connectivity index (χ4v) is 3.79. The summed E-state index contributed by atoms with van der Waals surface area (Å²) in [6.07, 6.45) is 4.15. The molecule has 7 heteroatoms. The van der Waals surface area contributed by atoms with Crippen molar-refractivity contribution < 1.29 is 9.53 Å². The van der Waals surface area contributed by atoms with Gasteiger partial charge in [0.25, 0.3) is 5.91 Å². The van der Waals surface area contributed by atoms with Gasteiger partial charge in [0.15, 0.2) is 0 Å². The predicted molar refractivity (Wildman–Crippen MR) is 109 cm³/mol. The molecule has 5 rings (SSSR count). The lowest BCUT2D eigenvalue weighted by Crippen LogP contribution is -2.38. The standard InChI is InChI=1S/C20H24N4O2.ClH/c1-26-18-4-2-3-15(13-18)20(25)22-16-5-6-19(21-14-16)24-12-11-23-9-7-17(24)8-10-23;/h2-6,13-14,17H,7-12H2,1H3,(H,22,25);1H. The number of hydrogen-bond donors (Lipinski definition) is 1. The van der Waals surface area contributed by atoms with Crippen LogP contribution < -0.4 is 15.0 Å². The van der Waals surface area contributed by atoms with E-state index in [1.807, 2.05) is 18.2 Å². The third-order valence-corrected chi connectivity index (χ3v) is 5.29. The number of nitrogens with zero attached hydrogens (tertiary/aromatic N) is 3. The largest absolute Gasteiger partial charge is 0.497 e. The molecular weight excluding hydrogens is 364 g/mol. The lowest BCUT2D eigenvalue weighted by Gasteiger charge is -2.32. The summed E-state index contributed by atoms with van der Waals surface area (Å²) in [5.41, 5.74) is 1.26. The van der Waals surface area contributed by atoms with E-state index in [9.17, 15) is 4.79 Å². The molecule has 144 valence electrons. The highest BCUT2D eigenvalue weighted by molar-refractivity contribution is 6.04. The van der Waals surface area contributed by atoms with Crippen LogP contribution in [-0.2, 0) is 0 Å². The Balaban J connectivity index is 0.00000210. The van der Waals surface area contributed by atoms with E-state index in [0.717, 1.165) is 18.9 Å². The van der Waals surface area contributed by atoms with Gasteiger partial charge >= 0.3 is 0 Å². The van der Waals surface area contributed by atoms with E-state index in [-0.39, 0.29) is 18.3 Å². The van der Waals surface area contributed by atoms with Gasteiger partial charge in [-0.3, -0.25) is 4.79 Å². The summed E-state index contributed by atoms with van der Waals surface area (Å²) in [6.45, 7) is 4.51. The minimum Gasteiger partial charge on any atom is -0.497 e. The Hall–Kier alpha value is -2.31. The molecule has 3 fully saturated rings. The molecule has 3 aliphatic heterocycles. The van der Waals surface area contributed by atoms with Gasteiger partial charge in [0.2, 0.25) is 0 Å². The van der Waals surface area contributed by atoms with Crippen LogP contribution in [0.5, 0.6) is 5.75 Å². The van der Waals surface area contributed by atoms with E-state index in [4.69, 9.17) is 4.74 Å². The highest BCUT2D eigenvalue weighted by Gasteiger charge is 2.29. The van der Waals surface area contributed by atoms with Gasteiger partial charge in [-0.1, -0.05) is 6.07 Å². The molecule has 3 aliphatic rings. The maximum Gasteiger partial charge on any atom is 0.255 e. The van der Waals surface area contributed by atoms with Gasteiger partial charge in [-0.2, -0.15) is 0 Å². The van der Waals surface area contributed by atoms with Crippen molar-refractivity contribution in [3.05, 3.63) is 48.2 Å². The number of benzene rings is 1. The molecular formula is C20H25ClN4O2. The van der Waals surface area contributed by atoms with E-state index in [1.165, 1.54) is 25.9 Å². The third-order valence-electron chi connectivity index (χ3n) is 5.29. The van der Waals surface area contributed by atoms with Crippen molar-refractivity contribution in [1.29, 1.82) is 0 Å². The van der Waals surface area contributed by atoms with E-state index in [1.54, 1.807) is 31.5 Å². The van der Waals surface area contributed by atoms with Crippen LogP contribution in [0.2, 0.25) is 0 Å². The summed E-state index contributed by atoms with van der Waals surface area (Å²) in [5, 5.41) is 2.90. The second-order valence-electron chi connectivity index (χ2n) is 6.86. The highest BCUT2D eigenvalue weighted by Crippen LogP contribution is 2.26. The molecule has 6 nitrogen and oxygen atoms in total. The van der Waals surface area contributed by atoms with Gasteiger partial charge in [0.1, 0.15) is 11.6 Å². The lowest BCUT2D eigenvalue weighted by molar-refractivity contribution is 0.102. The number of pyridine rings is 1. The Morgan fingerprint density at radius 2 is 1.96 bits per heavy atom. The van der Waals surface area contributed by atoms with Crippen molar-refractivity contribution in [2.45, 2.75) is 18.9 Å². The number of piperidine rings is 1. The van der Waals surface area contributed by atoms with Gasteiger partial charge in [-0.25, -0.2) is 4.98 Å². The molecule has 1 aromatic carbocycles. The first-order valence-corrected chi connectivity index (χ1v) is 9.13. The van der Waals surface area contributed by atoms with Crippen LogP contribution in [0.25, 0.3) is 0 Å². The van der Waals surface area contributed by atoms with Crippen molar-refractivity contribution in [3.8, 4) is 5.75 Å². The first-order valence-electron chi connectivity index (χ1n) is 9.13. The minimum atomic E-state index is -0.167. The molecule has 4 heterocycles. The van der Waals surface area contributed by atoms with Crippen molar-refractivity contribution in [2.24, 2.45) is 0 Å². The van der Waals surface area contributed by atoms with Crippen LogP contribution in [-0.4, -0.2) is 55.1 Å². The first-order chi connectivity index (χ1) is 12.7. The van der Waals surface area contributed by atoms with Gasteiger partial charge in [-0.15, -0.1) is 12.4 Å². The van der Waals surface area contributed by atoms with Crippen molar-refractivity contribution in [1.82, 2.24) is 9.88 Å². The molecule has 0 aliphatic carbocycles. The fourth-order valence-electron chi connectivity index (χ4n) is 3.79. The quantitative estimate of drug-likeness (QED) is 0.872. The number of halogens is 1. The minimum absolute atomic E-state index is 0. The van der Waals surface area contributed by atoms with Crippen LogP contribution in [0.15, 0.2) is 42.6 Å². The average molecular weight is 389 g/mol. The van der Waals surface area contributed by atoms with E-state index >= 15 is 0 Å². The number of nitrogens with one attached hydrogen (secondary N) is 1. The van der Waals surface area contributed by atoms with Gasteiger partial charge in [0.05, 0.1) is 19.0 Å². The number of anilines is 2. The van der Waals surface area contributed by atoms with Crippen molar-refractivity contribution in [3.63, 3.8) is 0 Å². The lowest BCUT2D eigenvalue weighted by atomic mass is 10.1. The van der Waals surface area contributed by atoms with E-state index < -0.39 is 0 Å². The number of rotatable bonds is 4. The number of carbonyl (C=O) groups is 1. The number of ether oxygens (including phenoxy) is 1. The van der Waals surface area contributed by atoms with E-state index in [2.05, 4.69) is 20.1 Å². The highest BCUT2D eigenvalue weighted by atomic mass is 35.5. The molecule has 2 bridgehead atoms. The molecule has 0 unspecified atom stereocenters. The average Bonchev–Trinajstić information content (AvgIpc) is 3.02. The molecule has 3 saturated heterocycles. The normalized spacial score (nSPS) is 21.1. The molecule has 1 amide bonds. The summed E-state index contributed by atoms with van der Waals surface area (Å²) in [6, 6.07) is 11.6. The van der Waals surface area contributed by atoms with Crippen LogP contribution in [0.4, 0.5) is 11.5 Å². The summed E-state index contributed by atoms with van der Waals surface area (Å²) in [7, 11) is 1.59. The number of aromatic nitrogens is 1. The number of carbonyl (C=O) groups excluding carboxylic acids is 1. The van der Waals surface area contributed by atoms with Crippen LogP contribution >= 0.6 is 12.4 Å². The zero-order chi connectivity index (χ0) is 17.9. The van der Waals surface area contributed by atoms with Crippen molar-refractivity contribution >= 4 is 29.8 Å². The molecule has 0 spiro atoms. The van der Waals surface area contributed by atoms with Crippen molar-refractivity contribution in [2.75, 3.05) is 43.5 Å². The Morgan fingerprint density at radius 3 is 2.67 bits per heavy atom. The molecule has 2 aromatic rings. The number of hydrogen-bond acceptors (Lipinski definition) is 5. The summed E-state index contributed by atoms with van der Waals surface area (Å²) < 4.78 is 5.17. The summed E-state index contributed by atoms with van der Waals surface area (Å²) >= 11 is 0. The zero-order valence-electron chi connectivity index (χ0n) is 15.4. The van der Waals surface area contributed by atoms with Gasteiger partial charge < -0.3 is 19.9 Å². The van der Waals surface area contributed by atoms with Crippen LogP contribution in [0.3, 0.4) is 0 Å². The Labute approximate surface area is 165 Å². The molecule has 1 N–H and O–H groups in total. The van der Waals surface area contributed by atoms with Gasteiger partial charge in [0, 0.05) is 37.8 Å². The molecule has 0 atom stereocenters. The molecule has 0 radical (unpaired) electrons. The molecule has 1 aromatic heterocycles. The monoisotopic (exact) mass is 388 g/mol. The number of fused-ring (bicyclic) bond motifs is 4. The molecule has 0 saturated carbocycles. The second kappa shape index (κ2) is 8.59. The van der Waals surface area contributed by atoms with Crippen LogP contribution in [0.1, 0.15) is 23.2 Å². The SMILES string of the molecule is COc1cccc(C(=O)Nc2ccc(N3CCN4CCC3CC4)nc2)c1.Cl. The summed E-state index contributed by atoms with van der Waals surface area (Å²) in [5.74, 6) is 1.50. The first kappa shape index (κ1) is 19.5. The Kier molecular flexibility index (Phi) is 6.19. The third kappa shape index (κ3) is 4.34. The maximum absolute atomic E-state index is 12.4. The van der Waals surface area contributed by atoms with E-state index in [0.29, 0.717) is 23.0 Å². The Morgan fingerprint density at radius 1 is 1.15 bits per heavy atom. The number of methoxy groups -OCH3 is 1. The summed E-state index contributed by atoms with van der Waals surface area (Å²) in [4.78, 5) is 22.0. The predicted octanol–water partition coefficient (Wildman–Crippen LogP) is 3.05. The second-order valence-corrected chi connectivity index (χ2v) is 6.86.